The minimum absolute atomic E-state index is 0.224. The molecule has 98 valence electrons. The first-order valence-electron chi connectivity index (χ1n) is 6.14. The molecule has 0 fully saturated rings. The Kier molecular flexibility index (Phi) is 4.38. The van der Waals surface area contributed by atoms with Crippen LogP contribution < -0.4 is 5.32 Å². The van der Waals surface area contributed by atoms with E-state index in [1.807, 2.05) is 13.2 Å². The lowest BCUT2D eigenvalue weighted by atomic mass is 10.1. The van der Waals surface area contributed by atoms with E-state index in [9.17, 15) is 0 Å². The first-order chi connectivity index (χ1) is 8.74. The smallest absolute Gasteiger partial charge is 0.0846 e. The highest BCUT2D eigenvalue weighted by Gasteiger charge is 2.19. The van der Waals surface area contributed by atoms with E-state index in [0.717, 1.165) is 30.8 Å². The van der Waals surface area contributed by atoms with Crippen molar-refractivity contribution in [2.75, 3.05) is 6.54 Å². The second-order valence-electron chi connectivity index (χ2n) is 4.14. The summed E-state index contributed by atoms with van der Waals surface area (Å²) in [7, 11) is 1.88. The summed E-state index contributed by atoms with van der Waals surface area (Å²) in [5, 5.41) is 15.7. The van der Waals surface area contributed by atoms with Gasteiger partial charge in [-0.1, -0.05) is 23.5 Å². The van der Waals surface area contributed by atoms with Gasteiger partial charge < -0.3 is 5.32 Å². The highest BCUT2D eigenvalue weighted by molar-refractivity contribution is 7.05. The van der Waals surface area contributed by atoms with E-state index in [4.69, 9.17) is 0 Å². The van der Waals surface area contributed by atoms with Gasteiger partial charge in [0.1, 0.15) is 0 Å². The lowest BCUT2D eigenvalue weighted by Gasteiger charge is -2.15. The molecule has 2 aromatic heterocycles. The summed E-state index contributed by atoms with van der Waals surface area (Å²) in [6.45, 7) is 5.11. The molecule has 0 aliphatic heterocycles. The van der Waals surface area contributed by atoms with Gasteiger partial charge >= 0.3 is 0 Å². The molecule has 0 bridgehead atoms. The highest BCUT2D eigenvalue weighted by atomic mass is 32.1. The number of aryl methyl sites for hydroxylation is 2. The van der Waals surface area contributed by atoms with Crippen LogP contribution in [0.5, 0.6) is 0 Å². The third kappa shape index (κ3) is 2.91. The normalized spacial score (nSPS) is 12.8. The lowest BCUT2D eigenvalue weighted by Crippen LogP contribution is -2.23. The number of nitrogens with zero attached hydrogens (tertiary/aromatic N) is 5. The average Bonchev–Trinajstić information content (AvgIpc) is 2.97. The molecule has 18 heavy (non-hydrogen) atoms. The zero-order valence-electron chi connectivity index (χ0n) is 10.9. The van der Waals surface area contributed by atoms with Crippen LogP contribution in [0, 0.1) is 0 Å². The Labute approximate surface area is 111 Å². The number of nitrogens with one attached hydrogen (secondary N) is 1. The Morgan fingerprint density at radius 2 is 2.22 bits per heavy atom. The molecule has 0 amide bonds. The average molecular weight is 266 g/mol. The van der Waals surface area contributed by atoms with Gasteiger partial charge in [0.25, 0.3) is 0 Å². The van der Waals surface area contributed by atoms with Crippen molar-refractivity contribution >= 4 is 11.5 Å². The first-order valence-corrected chi connectivity index (χ1v) is 6.91. The van der Waals surface area contributed by atoms with Gasteiger partial charge in [-0.15, -0.1) is 10.2 Å². The lowest BCUT2D eigenvalue weighted by molar-refractivity contribution is 0.546. The summed E-state index contributed by atoms with van der Waals surface area (Å²) in [6, 6.07) is 0.224. The zero-order valence-corrected chi connectivity index (χ0v) is 11.7. The molecule has 2 aromatic rings. The molecule has 0 aliphatic rings. The molecule has 0 saturated heterocycles. The summed E-state index contributed by atoms with van der Waals surface area (Å²) < 4.78 is 5.78. The Morgan fingerprint density at radius 3 is 2.83 bits per heavy atom. The minimum atomic E-state index is 0.224. The van der Waals surface area contributed by atoms with E-state index < -0.39 is 0 Å². The Bertz CT molecular complexity index is 491. The van der Waals surface area contributed by atoms with Crippen molar-refractivity contribution in [3.8, 4) is 0 Å². The fraction of sp³-hybridized carbons (Fsp3) is 0.636. The third-order valence-corrected chi connectivity index (χ3v) is 3.63. The summed E-state index contributed by atoms with van der Waals surface area (Å²) in [5.74, 6) is 0. The van der Waals surface area contributed by atoms with E-state index in [1.165, 1.54) is 16.4 Å². The number of hydrogen-bond donors (Lipinski definition) is 1. The molecule has 0 saturated carbocycles. The second kappa shape index (κ2) is 6.01. The van der Waals surface area contributed by atoms with Gasteiger partial charge in [-0.05, 0) is 24.5 Å². The van der Waals surface area contributed by atoms with Crippen LogP contribution in [0.1, 0.15) is 36.2 Å². The van der Waals surface area contributed by atoms with E-state index in [2.05, 4.69) is 39.1 Å². The first kappa shape index (κ1) is 13.1. The van der Waals surface area contributed by atoms with Crippen LogP contribution in [0.4, 0.5) is 0 Å². The predicted octanol–water partition coefficient (Wildman–Crippen LogP) is 1.12. The van der Waals surface area contributed by atoms with Gasteiger partial charge in [-0.3, -0.25) is 4.68 Å². The summed E-state index contributed by atoms with van der Waals surface area (Å²) in [4.78, 5) is 1.21. The zero-order chi connectivity index (χ0) is 13.0. The van der Waals surface area contributed by atoms with Gasteiger partial charge in [0.15, 0.2) is 0 Å². The van der Waals surface area contributed by atoms with Crippen LogP contribution in [0.2, 0.25) is 0 Å². The predicted molar refractivity (Wildman–Crippen MR) is 70.4 cm³/mol. The standard InChI is InChI=1S/C11H18N6S/c1-4-9-11(18-16-14-9)10(12-5-2)6-8-7-17(3)15-13-8/h7,10,12H,4-6H2,1-3H3. The van der Waals surface area contributed by atoms with E-state index >= 15 is 0 Å². The largest absolute Gasteiger partial charge is 0.309 e. The third-order valence-electron chi connectivity index (χ3n) is 2.75. The topological polar surface area (TPSA) is 68.5 Å². The van der Waals surface area contributed by atoms with Crippen LogP contribution in [0.3, 0.4) is 0 Å². The number of aromatic nitrogens is 5. The highest BCUT2D eigenvalue weighted by Crippen LogP contribution is 2.23. The summed E-state index contributed by atoms with van der Waals surface area (Å²) >= 11 is 1.47. The molecule has 7 heteroatoms. The van der Waals surface area contributed by atoms with Gasteiger partial charge in [-0.2, -0.15) is 0 Å². The second-order valence-corrected chi connectivity index (χ2v) is 4.92. The Hall–Kier alpha value is -1.34. The van der Waals surface area contributed by atoms with Crippen LogP contribution in [0.15, 0.2) is 6.20 Å². The molecule has 1 N–H and O–H groups in total. The van der Waals surface area contributed by atoms with Gasteiger partial charge in [-0.25, -0.2) is 0 Å². The van der Waals surface area contributed by atoms with Crippen LogP contribution >= 0.6 is 11.5 Å². The van der Waals surface area contributed by atoms with Crippen LogP contribution in [-0.4, -0.2) is 31.1 Å². The van der Waals surface area contributed by atoms with E-state index in [0.29, 0.717) is 0 Å². The molecule has 0 aliphatic carbocycles. The minimum Gasteiger partial charge on any atom is -0.309 e. The van der Waals surface area contributed by atoms with Crippen LogP contribution in [-0.2, 0) is 19.9 Å². The van der Waals surface area contributed by atoms with Crippen molar-refractivity contribution in [2.45, 2.75) is 32.7 Å². The van der Waals surface area contributed by atoms with Gasteiger partial charge in [0.05, 0.1) is 22.3 Å². The maximum absolute atomic E-state index is 4.17. The maximum Gasteiger partial charge on any atom is 0.0846 e. The molecule has 1 atom stereocenters. The van der Waals surface area contributed by atoms with Crippen molar-refractivity contribution in [3.63, 3.8) is 0 Å². The maximum atomic E-state index is 4.17. The van der Waals surface area contributed by atoms with Gasteiger partial charge in [0.2, 0.25) is 0 Å². The van der Waals surface area contributed by atoms with Crippen molar-refractivity contribution in [1.29, 1.82) is 0 Å². The molecular formula is C11H18N6S. The Morgan fingerprint density at radius 1 is 1.39 bits per heavy atom. The van der Waals surface area contributed by atoms with E-state index in [1.54, 1.807) is 4.68 Å². The SMILES string of the molecule is CCNC(Cc1cn(C)nn1)c1snnc1CC. The quantitative estimate of drug-likeness (QED) is 0.848. The molecule has 6 nitrogen and oxygen atoms in total. The fourth-order valence-corrected chi connectivity index (χ4v) is 2.74. The monoisotopic (exact) mass is 266 g/mol. The fourth-order valence-electron chi connectivity index (χ4n) is 1.93. The molecule has 0 aromatic carbocycles. The molecule has 0 spiro atoms. The summed E-state index contributed by atoms with van der Waals surface area (Å²) in [6.07, 6.45) is 3.68. The van der Waals surface area contributed by atoms with Crippen molar-refractivity contribution in [3.05, 3.63) is 22.5 Å². The molecule has 0 radical (unpaired) electrons. The van der Waals surface area contributed by atoms with E-state index in [-0.39, 0.29) is 6.04 Å². The molecule has 1 unspecified atom stereocenters. The molecule has 2 rings (SSSR count). The number of rotatable bonds is 6. The molecular weight excluding hydrogens is 248 g/mol. The number of hydrogen-bond acceptors (Lipinski definition) is 6. The van der Waals surface area contributed by atoms with Crippen LogP contribution in [0.25, 0.3) is 0 Å². The Balaban J connectivity index is 2.17. The molecule has 2 heterocycles. The number of likely N-dealkylation sites (N-methyl/N-ethyl adjacent to an activating group) is 1. The van der Waals surface area contributed by atoms with Crippen molar-refractivity contribution < 1.29 is 0 Å². The van der Waals surface area contributed by atoms with Crippen molar-refractivity contribution in [2.24, 2.45) is 7.05 Å². The van der Waals surface area contributed by atoms with Gasteiger partial charge in [0, 0.05) is 19.7 Å². The summed E-state index contributed by atoms with van der Waals surface area (Å²) in [5.41, 5.74) is 2.06. The van der Waals surface area contributed by atoms with Crippen molar-refractivity contribution in [1.82, 2.24) is 29.9 Å².